The number of anilines is 1. The van der Waals surface area contributed by atoms with Gasteiger partial charge in [0, 0.05) is 23.9 Å². The van der Waals surface area contributed by atoms with E-state index in [4.69, 9.17) is 16.3 Å². The van der Waals surface area contributed by atoms with Crippen molar-refractivity contribution in [1.29, 1.82) is 0 Å². The Bertz CT molecular complexity index is 743. The fraction of sp³-hybridized carbons (Fsp3) is 0.267. The average Bonchev–Trinajstić information content (AvgIpc) is 2.50. The molecule has 1 heterocycles. The van der Waals surface area contributed by atoms with E-state index < -0.39 is 5.91 Å². The first-order chi connectivity index (χ1) is 10.5. The number of rotatable bonds is 5. The summed E-state index contributed by atoms with van der Waals surface area (Å²) in [5.41, 5.74) is 1.35. The van der Waals surface area contributed by atoms with Crippen LogP contribution in [0.2, 0.25) is 5.02 Å². The minimum absolute atomic E-state index is 0.148. The smallest absolute Gasteiger partial charge is 0.276 e. The van der Waals surface area contributed by atoms with E-state index in [1.54, 1.807) is 12.1 Å². The predicted octanol–water partition coefficient (Wildman–Crippen LogP) is 2.10. The van der Waals surface area contributed by atoms with Gasteiger partial charge in [-0.25, -0.2) is 4.68 Å². The Hall–Kier alpha value is -2.18. The van der Waals surface area contributed by atoms with Gasteiger partial charge in [0.15, 0.2) is 0 Å². The number of carbonyl (C=O) groups excluding carboxylic acids is 1. The van der Waals surface area contributed by atoms with Gasteiger partial charge in [-0.1, -0.05) is 17.7 Å². The number of amides is 1. The maximum absolute atomic E-state index is 12.3. The maximum Gasteiger partial charge on any atom is 0.276 e. The predicted molar refractivity (Wildman–Crippen MR) is 84.5 cm³/mol. The second-order valence-electron chi connectivity index (χ2n) is 4.69. The molecule has 0 aliphatic rings. The largest absolute Gasteiger partial charge is 0.383 e. The molecule has 1 N–H and O–H groups in total. The zero-order valence-electron chi connectivity index (χ0n) is 12.3. The van der Waals surface area contributed by atoms with Crippen LogP contribution in [-0.2, 0) is 11.3 Å². The van der Waals surface area contributed by atoms with Crippen molar-refractivity contribution in [3.05, 3.63) is 57.0 Å². The minimum atomic E-state index is -0.406. The van der Waals surface area contributed by atoms with Gasteiger partial charge in [-0.2, -0.15) is 5.10 Å². The van der Waals surface area contributed by atoms with Gasteiger partial charge in [-0.15, -0.1) is 0 Å². The molecule has 2 rings (SSSR count). The number of aromatic nitrogens is 2. The molecule has 116 valence electrons. The number of halogens is 1. The van der Waals surface area contributed by atoms with Crippen molar-refractivity contribution in [2.75, 3.05) is 19.0 Å². The number of hydrogen-bond acceptors (Lipinski definition) is 4. The maximum atomic E-state index is 12.3. The lowest BCUT2D eigenvalue weighted by molar-refractivity contribution is 0.101. The number of methoxy groups -OCH3 is 1. The summed E-state index contributed by atoms with van der Waals surface area (Å²) in [6.45, 7) is 2.48. The summed E-state index contributed by atoms with van der Waals surface area (Å²) in [7, 11) is 1.53. The summed E-state index contributed by atoms with van der Waals surface area (Å²) in [5.74, 6) is -0.406. The first-order valence-corrected chi connectivity index (χ1v) is 7.03. The lowest BCUT2D eigenvalue weighted by Gasteiger charge is -2.09. The standard InChI is InChI=1S/C15H16ClN3O3/c1-10-3-4-11(16)9-13(10)17-15(21)12-5-6-14(20)19(18-12)7-8-22-2/h3-6,9H,7-8H2,1-2H3,(H,17,21). The second-order valence-corrected chi connectivity index (χ2v) is 5.12. The summed E-state index contributed by atoms with van der Waals surface area (Å²) < 4.78 is 6.11. The number of benzene rings is 1. The molecule has 0 fully saturated rings. The zero-order valence-corrected chi connectivity index (χ0v) is 13.1. The van der Waals surface area contributed by atoms with E-state index in [1.807, 2.05) is 13.0 Å². The van der Waals surface area contributed by atoms with Crippen LogP contribution in [0.15, 0.2) is 35.1 Å². The molecule has 0 radical (unpaired) electrons. The normalized spacial score (nSPS) is 10.5. The molecule has 0 aliphatic heterocycles. The molecule has 0 saturated carbocycles. The first-order valence-electron chi connectivity index (χ1n) is 6.66. The van der Waals surface area contributed by atoms with Crippen molar-refractivity contribution in [1.82, 2.24) is 9.78 Å². The van der Waals surface area contributed by atoms with Crippen LogP contribution in [0.3, 0.4) is 0 Å². The average molecular weight is 322 g/mol. The number of ether oxygens (including phenoxy) is 1. The fourth-order valence-corrected chi connectivity index (χ4v) is 2.00. The number of aryl methyl sites for hydroxylation is 1. The Labute approximate surface area is 132 Å². The van der Waals surface area contributed by atoms with Crippen LogP contribution in [0, 0.1) is 6.92 Å². The minimum Gasteiger partial charge on any atom is -0.383 e. The Morgan fingerprint density at radius 1 is 1.36 bits per heavy atom. The molecule has 1 amide bonds. The van der Waals surface area contributed by atoms with E-state index in [1.165, 1.54) is 23.9 Å². The van der Waals surface area contributed by atoms with Gasteiger partial charge in [0.05, 0.1) is 13.2 Å². The Kier molecular flexibility index (Phi) is 5.30. The van der Waals surface area contributed by atoms with Crippen molar-refractivity contribution in [3.63, 3.8) is 0 Å². The van der Waals surface area contributed by atoms with Crippen molar-refractivity contribution in [3.8, 4) is 0 Å². The van der Waals surface area contributed by atoms with Crippen LogP contribution in [0.4, 0.5) is 5.69 Å². The molecule has 0 unspecified atom stereocenters. The van der Waals surface area contributed by atoms with Crippen LogP contribution in [0.1, 0.15) is 16.1 Å². The fourth-order valence-electron chi connectivity index (χ4n) is 1.82. The van der Waals surface area contributed by atoms with Gasteiger partial charge in [0.2, 0.25) is 0 Å². The van der Waals surface area contributed by atoms with Crippen LogP contribution >= 0.6 is 11.6 Å². The third-order valence-corrected chi connectivity index (χ3v) is 3.29. The molecular weight excluding hydrogens is 306 g/mol. The van der Waals surface area contributed by atoms with E-state index in [2.05, 4.69) is 10.4 Å². The summed E-state index contributed by atoms with van der Waals surface area (Å²) >= 11 is 5.92. The van der Waals surface area contributed by atoms with Crippen LogP contribution in [0.5, 0.6) is 0 Å². The number of carbonyl (C=O) groups is 1. The lowest BCUT2D eigenvalue weighted by atomic mass is 10.2. The molecule has 0 saturated heterocycles. The SMILES string of the molecule is COCCn1nc(C(=O)Nc2cc(Cl)ccc2C)ccc1=O. The molecule has 7 heteroatoms. The van der Waals surface area contributed by atoms with Crippen molar-refractivity contribution in [2.24, 2.45) is 0 Å². The van der Waals surface area contributed by atoms with E-state index in [0.29, 0.717) is 17.3 Å². The number of nitrogens with one attached hydrogen (secondary N) is 1. The Morgan fingerprint density at radius 2 is 2.14 bits per heavy atom. The monoisotopic (exact) mass is 321 g/mol. The van der Waals surface area contributed by atoms with Crippen molar-refractivity contribution in [2.45, 2.75) is 13.5 Å². The number of nitrogens with zero attached hydrogens (tertiary/aromatic N) is 2. The first kappa shape index (κ1) is 16.2. The second kappa shape index (κ2) is 7.20. The van der Waals surface area contributed by atoms with Gasteiger partial charge in [-0.3, -0.25) is 9.59 Å². The van der Waals surface area contributed by atoms with Crippen molar-refractivity contribution >= 4 is 23.2 Å². The third-order valence-electron chi connectivity index (χ3n) is 3.05. The van der Waals surface area contributed by atoms with Crippen LogP contribution < -0.4 is 10.9 Å². The molecule has 2 aromatic rings. The van der Waals surface area contributed by atoms with Crippen LogP contribution in [0.25, 0.3) is 0 Å². The van der Waals surface area contributed by atoms with Crippen LogP contribution in [-0.4, -0.2) is 29.4 Å². The highest BCUT2D eigenvalue weighted by Gasteiger charge is 2.11. The lowest BCUT2D eigenvalue weighted by Crippen LogP contribution is -2.27. The molecule has 0 atom stereocenters. The van der Waals surface area contributed by atoms with Gasteiger partial charge in [0.1, 0.15) is 5.69 Å². The number of hydrogen-bond donors (Lipinski definition) is 1. The Morgan fingerprint density at radius 3 is 2.86 bits per heavy atom. The van der Waals surface area contributed by atoms with Crippen molar-refractivity contribution < 1.29 is 9.53 Å². The molecule has 6 nitrogen and oxygen atoms in total. The molecule has 0 bridgehead atoms. The molecule has 0 spiro atoms. The van der Waals surface area contributed by atoms with Gasteiger partial charge >= 0.3 is 0 Å². The third kappa shape index (κ3) is 3.93. The summed E-state index contributed by atoms with van der Waals surface area (Å²) in [4.78, 5) is 23.9. The molecular formula is C15H16ClN3O3. The molecule has 1 aromatic heterocycles. The summed E-state index contributed by atoms with van der Waals surface area (Å²) in [5, 5.41) is 7.30. The summed E-state index contributed by atoms with van der Waals surface area (Å²) in [6, 6.07) is 7.92. The summed E-state index contributed by atoms with van der Waals surface area (Å²) in [6.07, 6.45) is 0. The molecule has 22 heavy (non-hydrogen) atoms. The highest BCUT2D eigenvalue weighted by molar-refractivity contribution is 6.31. The quantitative estimate of drug-likeness (QED) is 0.915. The van der Waals surface area contributed by atoms with E-state index in [9.17, 15) is 9.59 Å². The topological polar surface area (TPSA) is 73.2 Å². The zero-order chi connectivity index (χ0) is 16.1. The molecule has 1 aromatic carbocycles. The highest BCUT2D eigenvalue weighted by Crippen LogP contribution is 2.20. The van der Waals surface area contributed by atoms with Gasteiger partial charge < -0.3 is 10.1 Å². The van der Waals surface area contributed by atoms with Gasteiger partial charge in [0.25, 0.3) is 11.5 Å². The molecule has 0 aliphatic carbocycles. The van der Waals surface area contributed by atoms with E-state index in [-0.39, 0.29) is 17.8 Å². The van der Waals surface area contributed by atoms with E-state index >= 15 is 0 Å². The Balaban J connectivity index is 2.22. The van der Waals surface area contributed by atoms with E-state index in [0.717, 1.165) is 5.56 Å². The highest BCUT2D eigenvalue weighted by atomic mass is 35.5. The van der Waals surface area contributed by atoms with Gasteiger partial charge in [-0.05, 0) is 30.7 Å².